The molecule has 106 valence electrons. The molecule has 2 nitrogen and oxygen atoms in total. The number of rotatable bonds is 5. The van der Waals surface area contributed by atoms with Crippen LogP contribution < -0.4 is 10.5 Å². The Morgan fingerprint density at radius 2 is 1.85 bits per heavy atom. The Bertz CT molecular complexity index is 588. The van der Waals surface area contributed by atoms with Crippen molar-refractivity contribution in [2.75, 3.05) is 7.11 Å². The first kappa shape index (κ1) is 15.0. The van der Waals surface area contributed by atoms with E-state index in [1.54, 1.807) is 13.2 Å². The molecule has 0 heterocycles. The second-order valence-corrected chi connectivity index (χ2v) is 5.57. The van der Waals surface area contributed by atoms with Crippen LogP contribution in [0.1, 0.15) is 11.1 Å². The minimum Gasteiger partial charge on any atom is -0.496 e. The molecule has 0 fully saturated rings. The molecular weight excluding hydrogens is 321 g/mol. The molecule has 0 radical (unpaired) electrons. The van der Waals surface area contributed by atoms with Crippen molar-refractivity contribution in [1.29, 1.82) is 0 Å². The summed E-state index contributed by atoms with van der Waals surface area (Å²) in [5.41, 5.74) is 8.29. The molecule has 0 aliphatic carbocycles. The van der Waals surface area contributed by atoms with E-state index < -0.39 is 0 Å². The Labute approximate surface area is 126 Å². The monoisotopic (exact) mass is 337 g/mol. The van der Waals surface area contributed by atoms with Gasteiger partial charge < -0.3 is 10.5 Å². The van der Waals surface area contributed by atoms with Gasteiger partial charge in [0.25, 0.3) is 0 Å². The topological polar surface area (TPSA) is 35.2 Å². The van der Waals surface area contributed by atoms with Gasteiger partial charge in [0.2, 0.25) is 0 Å². The molecule has 4 heteroatoms. The van der Waals surface area contributed by atoms with Crippen molar-refractivity contribution in [3.8, 4) is 5.75 Å². The van der Waals surface area contributed by atoms with E-state index >= 15 is 0 Å². The maximum atomic E-state index is 13.1. The van der Waals surface area contributed by atoms with E-state index in [1.165, 1.54) is 12.1 Å². The minimum absolute atomic E-state index is 0.0481. The summed E-state index contributed by atoms with van der Waals surface area (Å²) in [7, 11) is 1.65. The zero-order valence-corrected chi connectivity index (χ0v) is 12.9. The summed E-state index contributed by atoms with van der Waals surface area (Å²) in [6, 6.07) is 12.5. The Kier molecular flexibility index (Phi) is 5.15. The van der Waals surface area contributed by atoms with E-state index in [0.717, 1.165) is 21.3 Å². The average Bonchev–Trinajstić information content (AvgIpc) is 2.42. The van der Waals surface area contributed by atoms with Gasteiger partial charge in [0.05, 0.1) is 7.11 Å². The van der Waals surface area contributed by atoms with Gasteiger partial charge in [-0.15, -0.1) is 0 Å². The molecule has 0 spiro atoms. The van der Waals surface area contributed by atoms with Crippen molar-refractivity contribution >= 4 is 15.9 Å². The number of para-hydroxylation sites is 1. The van der Waals surface area contributed by atoms with Crippen LogP contribution in [-0.2, 0) is 12.8 Å². The van der Waals surface area contributed by atoms with Gasteiger partial charge in [0, 0.05) is 10.5 Å². The lowest BCUT2D eigenvalue weighted by molar-refractivity contribution is 0.407. The average molecular weight is 338 g/mol. The summed E-state index contributed by atoms with van der Waals surface area (Å²) in [5.74, 6) is 0.597. The van der Waals surface area contributed by atoms with Gasteiger partial charge >= 0.3 is 0 Å². The summed E-state index contributed by atoms with van der Waals surface area (Å²) in [6.45, 7) is 0. The molecule has 0 aliphatic heterocycles. The standard InChI is InChI=1S/C16H17BrFNO/c1-20-16-5-3-2-4-12(16)9-14(19)8-11-6-7-13(18)10-15(11)17/h2-7,10,14H,8-9,19H2,1H3. The Balaban J connectivity index is 2.07. The first-order valence-corrected chi connectivity index (χ1v) is 7.21. The molecule has 0 aromatic heterocycles. The molecule has 0 aliphatic rings. The quantitative estimate of drug-likeness (QED) is 0.902. The van der Waals surface area contributed by atoms with Gasteiger partial charge in [-0.1, -0.05) is 40.2 Å². The van der Waals surface area contributed by atoms with Crippen LogP contribution in [0.15, 0.2) is 46.9 Å². The molecule has 0 saturated heterocycles. The lowest BCUT2D eigenvalue weighted by atomic mass is 9.99. The van der Waals surface area contributed by atoms with Crippen molar-refractivity contribution in [2.45, 2.75) is 18.9 Å². The third kappa shape index (κ3) is 3.81. The first-order chi connectivity index (χ1) is 9.60. The number of nitrogens with two attached hydrogens (primary N) is 1. The number of benzene rings is 2. The molecular formula is C16H17BrFNO. The van der Waals surface area contributed by atoms with Crippen LogP contribution in [0.5, 0.6) is 5.75 Å². The normalized spacial score (nSPS) is 12.2. The fraction of sp³-hybridized carbons (Fsp3) is 0.250. The molecule has 1 atom stereocenters. The summed E-state index contributed by atoms with van der Waals surface area (Å²) in [5, 5.41) is 0. The molecule has 2 rings (SSSR count). The van der Waals surface area contributed by atoms with Crippen LogP contribution in [0.2, 0.25) is 0 Å². The third-order valence-electron chi connectivity index (χ3n) is 3.17. The number of hydrogen-bond donors (Lipinski definition) is 1. The van der Waals surface area contributed by atoms with Crippen LogP contribution in [-0.4, -0.2) is 13.2 Å². The highest BCUT2D eigenvalue weighted by atomic mass is 79.9. The van der Waals surface area contributed by atoms with Crippen molar-refractivity contribution in [3.63, 3.8) is 0 Å². The maximum Gasteiger partial charge on any atom is 0.124 e. The predicted octanol–water partition coefficient (Wildman–Crippen LogP) is 3.71. The largest absolute Gasteiger partial charge is 0.496 e. The van der Waals surface area contributed by atoms with Crippen molar-refractivity contribution in [1.82, 2.24) is 0 Å². The molecule has 0 amide bonds. The Morgan fingerprint density at radius 1 is 1.15 bits per heavy atom. The van der Waals surface area contributed by atoms with E-state index in [0.29, 0.717) is 12.8 Å². The lowest BCUT2D eigenvalue weighted by Crippen LogP contribution is -2.26. The van der Waals surface area contributed by atoms with Crippen LogP contribution >= 0.6 is 15.9 Å². The second kappa shape index (κ2) is 6.86. The molecule has 2 N–H and O–H groups in total. The Hall–Kier alpha value is -1.39. The number of hydrogen-bond acceptors (Lipinski definition) is 2. The SMILES string of the molecule is COc1ccccc1CC(N)Cc1ccc(F)cc1Br. The van der Waals surface area contributed by atoms with Gasteiger partial charge in [-0.25, -0.2) is 4.39 Å². The van der Waals surface area contributed by atoms with E-state index in [4.69, 9.17) is 10.5 Å². The van der Waals surface area contributed by atoms with Crippen LogP contribution in [0, 0.1) is 5.82 Å². The zero-order chi connectivity index (χ0) is 14.5. The van der Waals surface area contributed by atoms with Gasteiger partial charge in [0.15, 0.2) is 0 Å². The molecule has 20 heavy (non-hydrogen) atoms. The fourth-order valence-corrected chi connectivity index (χ4v) is 2.71. The molecule has 0 bridgehead atoms. The summed E-state index contributed by atoms with van der Waals surface area (Å²) in [6.07, 6.45) is 1.40. The van der Waals surface area contributed by atoms with Crippen LogP contribution in [0.25, 0.3) is 0 Å². The highest BCUT2D eigenvalue weighted by molar-refractivity contribution is 9.10. The van der Waals surface area contributed by atoms with Crippen molar-refractivity contribution in [3.05, 3.63) is 63.9 Å². The highest BCUT2D eigenvalue weighted by Crippen LogP contribution is 2.22. The van der Waals surface area contributed by atoms with Gasteiger partial charge in [-0.3, -0.25) is 0 Å². The second-order valence-electron chi connectivity index (χ2n) is 4.72. The third-order valence-corrected chi connectivity index (χ3v) is 3.91. The van der Waals surface area contributed by atoms with E-state index in [9.17, 15) is 4.39 Å². The smallest absolute Gasteiger partial charge is 0.124 e. The molecule has 0 saturated carbocycles. The van der Waals surface area contributed by atoms with Crippen LogP contribution in [0.4, 0.5) is 4.39 Å². The number of halogens is 2. The number of methoxy groups -OCH3 is 1. The van der Waals surface area contributed by atoms with E-state index in [1.807, 2.05) is 24.3 Å². The number of ether oxygens (including phenoxy) is 1. The van der Waals surface area contributed by atoms with E-state index in [2.05, 4.69) is 15.9 Å². The minimum atomic E-state index is -0.251. The first-order valence-electron chi connectivity index (χ1n) is 6.41. The lowest BCUT2D eigenvalue weighted by Gasteiger charge is -2.15. The fourth-order valence-electron chi connectivity index (χ4n) is 2.20. The summed E-state index contributed by atoms with van der Waals surface area (Å²) in [4.78, 5) is 0. The maximum absolute atomic E-state index is 13.1. The highest BCUT2D eigenvalue weighted by Gasteiger charge is 2.11. The molecule has 2 aromatic carbocycles. The Morgan fingerprint density at radius 3 is 2.55 bits per heavy atom. The molecule has 1 unspecified atom stereocenters. The van der Waals surface area contributed by atoms with Gasteiger partial charge in [0.1, 0.15) is 11.6 Å². The van der Waals surface area contributed by atoms with Crippen LogP contribution in [0.3, 0.4) is 0 Å². The predicted molar refractivity (Wildman–Crippen MR) is 82.5 cm³/mol. The van der Waals surface area contributed by atoms with Gasteiger partial charge in [-0.2, -0.15) is 0 Å². The van der Waals surface area contributed by atoms with Crippen molar-refractivity contribution < 1.29 is 9.13 Å². The summed E-state index contributed by atoms with van der Waals surface area (Å²) >= 11 is 3.37. The molecule has 2 aromatic rings. The van der Waals surface area contributed by atoms with Gasteiger partial charge in [-0.05, 0) is 42.2 Å². The summed E-state index contributed by atoms with van der Waals surface area (Å²) < 4.78 is 19.1. The zero-order valence-electron chi connectivity index (χ0n) is 11.3. The van der Waals surface area contributed by atoms with Crippen molar-refractivity contribution in [2.24, 2.45) is 5.73 Å². The van der Waals surface area contributed by atoms with E-state index in [-0.39, 0.29) is 11.9 Å².